The van der Waals surface area contributed by atoms with Crippen molar-refractivity contribution in [2.75, 3.05) is 37.6 Å². The van der Waals surface area contributed by atoms with Crippen LogP contribution in [-0.4, -0.2) is 37.7 Å². The fourth-order valence-electron chi connectivity index (χ4n) is 4.63. The van der Waals surface area contributed by atoms with Gasteiger partial charge in [-0.15, -0.1) is 0 Å². The monoisotopic (exact) mass is 442 g/mol. The topological polar surface area (TPSA) is 40.2 Å². The molecule has 0 radical (unpaired) electrons. The summed E-state index contributed by atoms with van der Waals surface area (Å²) in [4.78, 5) is 7.61. The number of hydrogen-bond donors (Lipinski definition) is 2. The highest BCUT2D eigenvalue weighted by Crippen LogP contribution is 2.33. The highest BCUT2D eigenvalue weighted by molar-refractivity contribution is 5.94. The standard InChI is InChI=1S/C25H29N3.C4H9N/c1-2-18-7-10-22-24(14-18)27-23(15-25(22)28-11-3-4-12-28)21-8-5-19(6-9-21)13-20-16-26-17-20;1-3-5-4-2/h5-10,14-15,20,26H,2-4,11-13,16-17H2,1H3;3,5H,1,4H2,2H3. The number of fused-ring (bicyclic) bond motifs is 1. The molecule has 0 unspecified atom stereocenters. The second-order valence-electron chi connectivity index (χ2n) is 9.11. The average molecular weight is 443 g/mol. The maximum absolute atomic E-state index is 5.07. The van der Waals surface area contributed by atoms with E-state index in [4.69, 9.17) is 4.98 Å². The molecular formula is C29H38N4. The Kier molecular flexibility index (Phi) is 8.01. The minimum atomic E-state index is 0.805. The van der Waals surface area contributed by atoms with Gasteiger partial charge < -0.3 is 15.5 Å². The molecule has 0 spiro atoms. The average Bonchev–Trinajstić information content (AvgIpc) is 3.36. The molecule has 4 heteroatoms. The minimum absolute atomic E-state index is 0.805. The molecule has 2 fully saturated rings. The molecule has 4 nitrogen and oxygen atoms in total. The summed E-state index contributed by atoms with van der Waals surface area (Å²) in [5.74, 6) is 0.805. The first-order chi connectivity index (χ1) is 16.2. The van der Waals surface area contributed by atoms with Crippen LogP contribution < -0.4 is 15.5 Å². The summed E-state index contributed by atoms with van der Waals surface area (Å²) in [6, 6.07) is 18.2. The van der Waals surface area contributed by atoms with Gasteiger partial charge >= 0.3 is 0 Å². The van der Waals surface area contributed by atoms with Gasteiger partial charge in [0, 0.05) is 36.3 Å². The first-order valence-corrected chi connectivity index (χ1v) is 12.5. The van der Waals surface area contributed by atoms with Crippen molar-refractivity contribution < 1.29 is 0 Å². The van der Waals surface area contributed by atoms with Gasteiger partial charge in [0.2, 0.25) is 0 Å². The number of anilines is 1. The summed E-state index contributed by atoms with van der Waals surface area (Å²) in [5.41, 5.74) is 7.59. The zero-order chi connectivity index (χ0) is 23.0. The minimum Gasteiger partial charge on any atom is -0.392 e. The summed E-state index contributed by atoms with van der Waals surface area (Å²) < 4.78 is 0. The van der Waals surface area contributed by atoms with Crippen LogP contribution in [0.3, 0.4) is 0 Å². The van der Waals surface area contributed by atoms with E-state index in [1.165, 1.54) is 47.0 Å². The third-order valence-corrected chi connectivity index (χ3v) is 6.70. The zero-order valence-electron chi connectivity index (χ0n) is 20.2. The molecule has 0 atom stereocenters. The van der Waals surface area contributed by atoms with Gasteiger partial charge in [-0.1, -0.05) is 49.9 Å². The Morgan fingerprint density at radius 2 is 1.76 bits per heavy atom. The van der Waals surface area contributed by atoms with Crippen LogP contribution in [0.25, 0.3) is 22.2 Å². The number of benzene rings is 2. The predicted octanol–water partition coefficient (Wildman–Crippen LogP) is 5.57. The molecule has 2 saturated heterocycles. The summed E-state index contributed by atoms with van der Waals surface area (Å²) >= 11 is 0. The molecule has 5 rings (SSSR count). The maximum Gasteiger partial charge on any atom is 0.0733 e. The van der Waals surface area contributed by atoms with E-state index < -0.39 is 0 Å². The van der Waals surface area contributed by atoms with Crippen LogP contribution >= 0.6 is 0 Å². The van der Waals surface area contributed by atoms with Crippen LogP contribution in [0.1, 0.15) is 37.8 Å². The Hall–Kier alpha value is -2.85. The van der Waals surface area contributed by atoms with Crippen LogP contribution in [0.15, 0.2) is 61.3 Å². The molecule has 0 bridgehead atoms. The van der Waals surface area contributed by atoms with Crippen molar-refractivity contribution in [2.45, 2.75) is 39.5 Å². The Bertz CT molecular complexity index is 1050. The number of pyridine rings is 1. The first-order valence-electron chi connectivity index (χ1n) is 12.5. The van der Waals surface area contributed by atoms with Gasteiger partial charge in [-0.05, 0) is 81.1 Å². The van der Waals surface area contributed by atoms with E-state index in [1.54, 1.807) is 6.20 Å². The molecule has 33 heavy (non-hydrogen) atoms. The number of nitrogens with one attached hydrogen (secondary N) is 2. The highest BCUT2D eigenvalue weighted by Gasteiger charge is 2.19. The lowest BCUT2D eigenvalue weighted by Gasteiger charge is -2.27. The van der Waals surface area contributed by atoms with Crippen LogP contribution in [0.4, 0.5) is 5.69 Å². The molecule has 2 N–H and O–H groups in total. The Morgan fingerprint density at radius 3 is 2.33 bits per heavy atom. The van der Waals surface area contributed by atoms with Crippen molar-refractivity contribution in [1.82, 2.24) is 15.6 Å². The molecule has 3 aromatic rings. The van der Waals surface area contributed by atoms with Crippen molar-refractivity contribution >= 4 is 16.6 Å². The van der Waals surface area contributed by atoms with Gasteiger partial charge in [0.15, 0.2) is 0 Å². The summed E-state index contributed by atoms with van der Waals surface area (Å²) in [6.07, 6.45) is 6.48. The lowest BCUT2D eigenvalue weighted by Crippen LogP contribution is -2.43. The molecule has 2 aliphatic rings. The largest absolute Gasteiger partial charge is 0.392 e. The number of aromatic nitrogens is 1. The number of aryl methyl sites for hydroxylation is 1. The third-order valence-electron chi connectivity index (χ3n) is 6.70. The van der Waals surface area contributed by atoms with Gasteiger partial charge in [-0.3, -0.25) is 0 Å². The van der Waals surface area contributed by atoms with Crippen molar-refractivity contribution in [2.24, 2.45) is 5.92 Å². The second-order valence-corrected chi connectivity index (χ2v) is 9.11. The smallest absolute Gasteiger partial charge is 0.0733 e. The van der Waals surface area contributed by atoms with E-state index in [1.807, 2.05) is 6.92 Å². The van der Waals surface area contributed by atoms with Crippen LogP contribution in [0, 0.1) is 5.92 Å². The SMILES string of the molecule is C=CNCC.CCc1ccc2c(N3CCCC3)cc(-c3ccc(CC4CNC4)cc3)nc2c1. The summed E-state index contributed by atoms with van der Waals surface area (Å²) in [6.45, 7) is 13.3. The quantitative estimate of drug-likeness (QED) is 0.502. The molecule has 0 aliphatic carbocycles. The van der Waals surface area contributed by atoms with Crippen molar-refractivity contribution in [3.63, 3.8) is 0 Å². The van der Waals surface area contributed by atoms with Crippen molar-refractivity contribution in [3.05, 3.63) is 72.4 Å². The maximum atomic E-state index is 5.07. The van der Waals surface area contributed by atoms with E-state index in [-0.39, 0.29) is 0 Å². The fraction of sp³-hybridized carbons (Fsp3) is 0.414. The van der Waals surface area contributed by atoms with Crippen molar-refractivity contribution in [1.29, 1.82) is 0 Å². The van der Waals surface area contributed by atoms with Gasteiger partial charge in [0.25, 0.3) is 0 Å². The van der Waals surface area contributed by atoms with Gasteiger partial charge in [0.1, 0.15) is 0 Å². The Labute approximate surface area is 199 Å². The number of hydrogen-bond acceptors (Lipinski definition) is 4. The predicted molar refractivity (Wildman–Crippen MR) is 142 cm³/mol. The van der Waals surface area contributed by atoms with Crippen LogP contribution in [0.5, 0.6) is 0 Å². The normalized spacial score (nSPS) is 15.6. The van der Waals surface area contributed by atoms with Gasteiger partial charge in [-0.2, -0.15) is 0 Å². The molecule has 0 saturated carbocycles. The Morgan fingerprint density at radius 1 is 1.03 bits per heavy atom. The molecule has 174 valence electrons. The van der Waals surface area contributed by atoms with Gasteiger partial charge in [-0.25, -0.2) is 4.98 Å². The third kappa shape index (κ3) is 5.75. The van der Waals surface area contributed by atoms with E-state index in [2.05, 4.69) is 77.6 Å². The van der Waals surface area contributed by atoms with E-state index in [9.17, 15) is 0 Å². The molecule has 2 aromatic carbocycles. The molecule has 3 heterocycles. The number of nitrogens with zero attached hydrogens (tertiary/aromatic N) is 2. The molecule has 2 aliphatic heterocycles. The fourth-order valence-corrected chi connectivity index (χ4v) is 4.63. The van der Waals surface area contributed by atoms with E-state index in [0.29, 0.717) is 0 Å². The number of rotatable bonds is 7. The first kappa shape index (κ1) is 23.3. The Balaban J connectivity index is 0.000000471. The van der Waals surface area contributed by atoms with Crippen LogP contribution in [-0.2, 0) is 12.8 Å². The van der Waals surface area contributed by atoms with E-state index in [0.717, 1.165) is 56.3 Å². The molecule has 0 amide bonds. The lowest BCUT2D eigenvalue weighted by atomic mass is 9.93. The highest BCUT2D eigenvalue weighted by atomic mass is 15.1. The van der Waals surface area contributed by atoms with Crippen LogP contribution in [0.2, 0.25) is 0 Å². The zero-order valence-corrected chi connectivity index (χ0v) is 20.2. The van der Waals surface area contributed by atoms with Gasteiger partial charge in [0.05, 0.1) is 11.2 Å². The van der Waals surface area contributed by atoms with Crippen molar-refractivity contribution in [3.8, 4) is 11.3 Å². The second kappa shape index (κ2) is 11.3. The van der Waals surface area contributed by atoms with E-state index >= 15 is 0 Å². The lowest BCUT2D eigenvalue weighted by molar-refractivity contribution is 0.346. The molecule has 1 aromatic heterocycles. The molecular weight excluding hydrogens is 404 g/mol. The summed E-state index contributed by atoms with van der Waals surface area (Å²) in [5, 5.41) is 7.53. The summed E-state index contributed by atoms with van der Waals surface area (Å²) in [7, 11) is 0.